The molecule has 0 aliphatic heterocycles. The van der Waals surface area contributed by atoms with Crippen LogP contribution in [0.5, 0.6) is 0 Å². The molecule has 2 N–H and O–H groups in total. The molecule has 0 spiro atoms. The number of hydrogen-bond donors (Lipinski definition) is 1. The van der Waals surface area contributed by atoms with E-state index in [4.69, 9.17) is 10.3 Å². The van der Waals surface area contributed by atoms with Gasteiger partial charge in [-0.05, 0) is 38.0 Å². The Morgan fingerprint density at radius 2 is 1.86 bits per heavy atom. The van der Waals surface area contributed by atoms with Crippen molar-refractivity contribution in [3.05, 3.63) is 59.6 Å². The maximum Gasteiger partial charge on any atom is 0.247 e. The Hall–Kier alpha value is -2.60. The molecule has 0 fully saturated rings. The van der Waals surface area contributed by atoms with Gasteiger partial charge in [0.15, 0.2) is 0 Å². The summed E-state index contributed by atoms with van der Waals surface area (Å²) in [5, 5.41) is 12.0. The van der Waals surface area contributed by atoms with E-state index >= 15 is 0 Å². The largest absolute Gasteiger partial charge is 0.337 e. The highest BCUT2D eigenvalue weighted by Gasteiger charge is 2.29. The molecule has 0 saturated heterocycles. The van der Waals surface area contributed by atoms with Crippen LogP contribution in [0.1, 0.15) is 24.1 Å². The van der Waals surface area contributed by atoms with Crippen molar-refractivity contribution in [3.63, 3.8) is 0 Å². The van der Waals surface area contributed by atoms with Crippen molar-refractivity contribution < 1.29 is 4.52 Å². The Balaban J connectivity index is 1.84. The van der Waals surface area contributed by atoms with Gasteiger partial charge in [-0.1, -0.05) is 35.5 Å². The average molecular weight is 295 g/mol. The highest BCUT2D eigenvalue weighted by Crippen LogP contribution is 2.23. The van der Waals surface area contributed by atoms with Crippen molar-refractivity contribution in [2.45, 2.75) is 25.8 Å². The van der Waals surface area contributed by atoms with Gasteiger partial charge in [-0.25, -0.2) is 0 Å². The summed E-state index contributed by atoms with van der Waals surface area (Å²) >= 11 is 0. The zero-order chi connectivity index (χ0) is 15.6. The number of nitrogens with two attached hydrogens (primary N) is 1. The van der Waals surface area contributed by atoms with E-state index in [1.54, 1.807) is 0 Å². The van der Waals surface area contributed by atoms with Crippen LogP contribution in [0.4, 0.5) is 0 Å². The predicted octanol–water partition coefficient (Wildman–Crippen LogP) is 2.25. The van der Waals surface area contributed by atoms with Gasteiger partial charge < -0.3 is 10.3 Å². The highest BCUT2D eigenvalue weighted by molar-refractivity contribution is 5.47. The number of rotatable bonds is 4. The molecule has 112 valence electrons. The molecule has 0 unspecified atom stereocenters. The predicted molar refractivity (Wildman–Crippen MR) is 81.7 cm³/mol. The van der Waals surface area contributed by atoms with E-state index in [9.17, 15) is 0 Å². The Morgan fingerprint density at radius 3 is 2.55 bits per heavy atom. The van der Waals surface area contributed by atoms with Crippen molar-refractivity contribution in [2.24, 2.45) is 5.73 Å². The maximum atomic E-state index is 6.35. The lowest BCUT2D eigenvalue weighted by molar-refractivity contribution is 0.296. The Kier molecular flexibility index (Phi) is 3.68. The molecule has 0 saturated carbocycles. The first-order chi connectivity index (χ1) is 10.5. The topological polar surface area (TPSA) is 90.7 Å². The van der Waals surface area contributed by atoms with E-state index in [0.29, 0.717) is 23.8 Å². The minimum absolute atomic E-state index is 0.383. The van der Waals surface area contributed by atoms with Gasteiger partial charge in [-0.3, -0.25) is 0 Å². The van der Waals surface area contributed by atoms with Crippen LogP contribution in [0.15, 0.2) is 47.0 Å². The van der Waals surface area contributed by atoms with Crippen LogP contribution in [-0.4, -0.2) is 20.3 Å². The second kappa shape index (κ2) is 5.65. The average Bonchev–Trinajstić information content (AvgIpc) is 2.99. The summed E-state index contributed by atoms with van der Waals surface area (Å²) in [5.74, 6) is 0.779. The minimum Gasteiger partial charge on any atom is -0.337 e. The number of benzene rings is 1. The van der Waals surface area contributed by atoms with Gasteiger partial charge >= 0.3 is 0 Å². The van der Waals surface area contributed by atoms with Crippen molar-refractivity contribution >= 4 is 0 Å². The standard InChI is InChI=1S/C16H17N5O/c1-11-8-9-13(20-19-11)14-18-15(22-21-14)16(2,17)10-12-6-4-3-5-7-12/h3-9H,10,17H2,1-2H3/t16-/m0/s1. The molecule has 2 heterocycles. The second-order valence-corrected chi connectivity index (χ2v) is 5.56. The van der Waals surface area contributed by atoms with E-state index in [0.717, 1.165) is 11.3 Å². The molecule has 1 aromatic carbocycles. The summed E-state index contributed by atoms with van der Waals surface area (Å²) in [6.07, 6.45) is 0.606. The van der Waals surface area contributed by atoms with Crippen molar-refractivity contribution in [1.82, 2.24) is 20.3 Å². The number of aromatic nitrogens is 4. The van der Waals surface area contributed by atoms with Crippen LogP contribution in [0.2, 0.25) is 0 Å². The van der Waals surface area contributed by atoms with Crippen LogP contribution in [0.3, 0.4) is 0 Å². The van der Waals surface area contributed by atoms with Gasteiger partial charge in [0, 0.05) is 0 Å². The lowest BCUT2D eigenvalue weighted by atomic mass is 9.94. The normalized spacial score (nSPS) is 13.8. The van der Waals surface area contributed by atoms with Crippen LogP contribution >= 0.6 is 0 Å². The third kappa shape index (κ3) is 3.01. The summed E-state index contributed by atoms with van der Waals surface area (Å²) in [7, 11) is 0. The van der Waals surface area contributed by atoms with Crippen molar-refractivity contribution in [3.8, 4) is 11.5 Å². The molecular weight excluding hydrogens is 278 g/mol. The van der Waals surface area contributed by atoms with Crippen molar-refractivity contribution in [1.29, 1.82) is 0 Å². The summed E-state index contributed by atoms with van der Waals surface area (Å²) in [6.45, 7) is 3.74. The van der Waals surface area contributed by atoms with E-state index in [1.165, 1.54) is 0 Å². The highest BCUT2D eigenvalue weighted by atomic mass is 16.5. The molecule has 0 aliphatic carbocycles. The van der Waals surface area contributed by atoms with Gasteiger partial charge in [0.2, 0.25) is 11.7 Å². The van der Waals surface area contributed by atoms with Crippen LogP contribution in [0.25, 0.3) is 11.5 Å². The first kappa shape index (κ1) is 14.3. The lowest BCUT2D eigenvalue weighted by Crippen LogP contribution is -2.35. The molecule has 2 aromatic heterocycles. The molecule has 6 nitrogen and oxygen atoms in total. The Bertz CT molecular complexity index is 750. The molecule has 0 aliphatic rings. The quantitative estimate of drug-likeness (QED) is 0.794. The molecule has 0 amide bonds. The van der Waals surface area contributed by atoms with Crippen LogP contribution in [0, 0.1) is 6.92 Å². The van der Waals surface area contributed by atoms with Crippen LogP contribution in [-0.2, 0) is 12.0 Å². The summed E-state index contributed by atoms with van der Waals surface area (Å²) in [5.41, 5.74) is 8.12. The van der Waals surface area contributed by atoms with E-state index in [1.807, 2.05) is 56.3 Å². The molecule has 0 radical (unpaired) electrons. The zero-order valence-electron chi connectivity index (χ0n) is 12.5. The Labute approximate surface area is 128 Å². The van der Waals surface area contributed by atoms with Gasteiger partial charge in [0.1, 0.15) is 5.69 Å². The molecule has 6 heteroatoms. The second-order valence-electron chi connectivity index (χ2n) is 5.56. The lowest BCUT2D eigenvalue weighted by Gasteiger charge is -2.19. The van der Waals surface area contributed by atoms with Gasteiger partial charge in [0.25, 0.3) is 0 Å². The molecule has 3 rings (SSSR count). The van der Waals surface area contributed by atoms with E-state index < -0.39 is 5.54 Å². The van der Waals surface area contributed by atoms with Gasteiger partial charge in [0.05, 0.1) is 11.2 Å². The monoisotopic (exact) mass is 295 g/mol. The third-order valence-electron chi connectivity index (χ3n) is 3.36. The smallest absolute Gasteiger partial charge is 0.247 e. The molecule has 1 atom stereocenters. The first-order valence-corrected chi connectivity index (χ1v) is 7.02. The van der Waals surface area contributed by atoms with E-state index in [2.05, 4.69) is 20.3 Å². The maximum absolute atomic E-state index is 6.35. The summed E-state index contributed by atoms with van der Waals surface area (Å²) in [4.78, 5) is 4.37. The van der Waals surface area contributed by atoms with E-state index in [-0.39, 0.29) is 0 Å². The number of aryl methyl sites for hydroxylation is 1. The fraction of sp³-hybridized carbons (Fsp3) is 0.250. The summed E-state index contributed by atoms with van der Waals surface area (Å²) in [6, 6.07) is 13.6. The minimum atomic E-state index is -0.745. The zero-order valence-corrected chi connectivity index (χ0v) is 12.5. The van der Waals surface area contributed by atoms with Gasteiger partial charge in [-0.2, -0.15) is 10.1 Å². The fourth-order valence-corrected chi connectivity index (χ4v) is 2.17. The van der Waals surface area contributed by atoms with Crippen LogP contribution < -0.4 is 5.73 Å². The first-order valence-electron chi connectivity index (χ1n) is 7.02. The number of hydrogen-bond acceptors (Lipinski definition) is 6. The van der Waals surface area contributed by atoms with Crippen molar-refractivity contribution in [2.75, 3.05) is 0 Å². The molecule has 3 aromatic rings. The Morgan fingerprint density at radius 1 is 1.09 bits per heavy atom. The number of nitrogens with zero attached hydrogens (tertiary/aromatic N) is 4. The molecular formula is C16H17N5O. The third-order valence-corrected chi connectivity index (χ3v) is 3.36. The molecule has 0 bridgehead atoms. The fourth-order valence-electron chi connectivity index (χ4n) is 2.17. The summed E-state index contributed by atoms with van der Waals surface area (Å²) < 4.78 is 5.33. The molecule has 22 heavy (non-hydrogen) atoms. The van der Waals surface area contributed by atoms with Gasteiger partial charge in [-0.15, -0.1) is 5.10 Å². The SMILES string of the molecule is Cc1ccc(-c2noc([C@@](C)(N)Cc3ccccc3)n2)nn1.